The number of piperazine rings is 1. The van der Waals surface area contributed by atoms with Gasteiger partial charge < -0.3 is 20.4 Å². The summed E-state index contributed by atoms with van der Waals surface area (Å²) in [5.41, 5.74) is 0.123. The number of carbonyl (C=O) groups excluding carboxylic acids is 1. The fourth-order valence-electron chi connectivity index (χ4n) is 3.70. The third-order valence-electron chi connectivity index (χ3n) is 5.30. The van der Waals surface area contributed by atoms with Gasteiger partial charge in [0.1, 0.15) is 0 Å². The first-order valence-corrected chi connectivity index (χ1v) is 10.6. The lowest BCUT2D eigenvalue weighted by Gasteiger charge is -2.39. The number of carbonyl (C=O) groups is 1. The third-order valence-corrected chi connectivity index (χ3v) is 5.30. The Morgan fingerprint density at radius 1 is 1.04 bits per heavy atom. The van der Waals surface area contributed by atoms with Crippen LogP contribution in [0.4, 0.5) is 0 Å². The van der Waals surface area contributed by atoms with Gasteiger partial charge in [-0.1, -0.05) is 0 Å². The molecule has 2 aliphatic rings. The highest BCUT2D eigenvalue weighted by atomic mass is 16.2. The van der Waals surface area contributed by atoms with Crippen LogP contribution in [0.1, 0.15) is 47.5 Å². The lowest BCUT2D eigenvalue weighted by Crippen LogP contribution is -2.57. The maximum Gasteiger partial charge on any atom is 0.239 e. The molecule has 1 atom stereocenters. The Balaban J connectivity index is 1.82. The van der Waals surface area contributed by atoms with E-state index in [4.69, 9.17) is 4.99 Å². The van der Waals surface area contributed by atoms with E-state index in [0.717, 1.165) is 77.7 Å². The van der Waals surface area contributed by atoms with E-state index >= 15 is 0 Å². The van der Waals surface area contributed by atoms with Crippen LogP contribution in [0, 0.1) is 0 Å². The van der Waals surface area contributed by atoms with Gasteiger partial charge in [0.05, 0.1) is 12.6 Å². The van der Waals surface area contributed by atoms with E-state index in [1.165, 1.54) is 0 Å². The SMILES string of the molecule is CCNC(=NCCNC(C)(C)C)N1CCN(C(C)C(=O)N2CCCC2)CC1. The zero-order valence-electron chi connectivity index (χ0n) is 18.1. The predicted molar refractivity (Wildman–Crippen MR) is 112 cm³/mol. The third kappa shape index (κ3) is 6.96. The van der Waals surface area contributed by atoms with Gasteiger partial charge >= 0.3 is 0 Å². The maximum atomic E-state index is 12.6. The highest BCUT2D eigenvalue weighted by molar-refractivity contribution is 5.82. The summed E-state index contributed by atoms with van der Waals surface area (Å²) >= 11 is 0. The smallest absolute Gasteiger partial charge is 0.239 e. The fraction of sp³-hybridized carbons (Fsp3) is 0.900. The molecule has 2 fully saturated rings. The minimum atomic E-state index is -0.0132. The monoisotopic (exact) mass is 380 g/mol. The molecule has 7 nitrogen and oxygen atoms in total. The molecule has 7 heteroatoms. The molecule has 2 aliphatic heterocycles. The highest BCUT2D eigenvalue weighted by Gasteiger charge is 2.30. The van der Waals surface area contributed by atoms with Crippen molar-refractivity contribution in [3.63, 3.8) is 0 Å². The second-order valence-electron chi connectivity index (χ2n) is 8.64. The molecule has 156 valence electrons. The van der Waals surface area contributed by atoms with Gasteiger partial charge in [-0.2, -0.15) is 0 Å². The van der Waals surface area contributed by atoms with Gasteiger partial charge in [0.25, 0.3) is 0 Å². The molecule has 27 heavy (non-hydrogen) atoms. The van der Waals surface area contributed by atoms with E-state index in [0.29, 0.717) is 5.91 Å². The quantitative estimate of drug-likeness (QED) is 0.408. The number of amides is 1. The number of guanidine groups is 1. The first-order valence-electron chi connectivity index (χ1n) is 10.6. The molecule has 0 aromatic heterocycles. The largest absolute Gasteiger partial charge is 0.357 e. The van der Waals surface area contributed by atoms with Crippen molar-refractivity contribution in [1.29, 1.82) is 0 Å². The van der Waals surface area contributed by atoms with Crippen molar-refractivity contribution in [3.05, 3.63) is 0 Å². The molecule has 0 spiro atoms. The molecular weight excluding hydrogens is 340 g/mol. The van der Waals surface area contributed by atoms with Crippen molar-refractivity contribution in [1.82, 2.24) is 25.3 Å². The summed E-state index contributed by atoms with van der Waals surface area (Å²) < 4.78 is 0. The first-order chi connectivity index (χ1) is 12.8. The number of nitrogens with one attached hydrogen (secondary N) is 2. The van der Waals surface area contributed by atoms with E-state index < -0.39 is 0 Å². The Morgan fingerprint density at radius 2 is 1.67 bits per heavy atom. The Morgan fingerprint density at radius 3 is 2.22 bits per heavy atom. The molecule has 2 saturated heterocycles. The zero-order valence-corrected chi connectivity index (χ0v) is 18.1. The van der Waals surface area contributed by atoms with Crippen LogP contribution in [0.2, 0.25) is 0 Å². The van der Waals surface area contributed by atoms with Gasteiger partial charge in [-0.05, 0) is 47.5 Å². The Labute approximate surface area is 165 Å². The molecule has 2 heterocycles. The topological polar surface area (TPSA) is 63.2 Å². The lowest BCUT2D eigenvalue weighted by molar-refractivity contribution is -0.135. The molecule has 0 radical (unpaired) electrons. The van der Waals surface area contributed by atoms with Gasteiger partial charge in [0.15, 0.2) is 5.96 Å². The van der Waals surface area contributed by atoms with Crippen molar-refractivity contribution < 1.29 is 4.79 Å². The van der Waals surface area contributed by atoms with E-state index in [9.17, 15) is 4.79 Å². The van der Waals surface area contributed by atoms with Gasteiger partial charge in [-0.15, -0.1) is 0 Å². The van der Waals surface area contributed by atoms with Crippen molar-refractivity contribution in [2.24, 2.45) is 4.99 Å². The van der Waals surface area contributed by atoms with E-state index in [-0.39, 0.29) is 11.6 Å². The second kappa shape index (κ2) is 10.3. The normalized spacial score (nSPS) is 20.9. The highest BCUT2D eigenvalue weighted by Crippen LogP contribution is 2.14. The van der Waals surface area contributed by atoms with Gasteiger partial charge in [0.2, 0.25) is 5.91 Å². The number of nitrogens with zero attached hydrogens (tertiary/aromatic N) is 4. The molecule has 0 bridgehead atoms. The minimum absolute atomic E-state index is 0.0132. The number of hydrogen-bond acceptors (Lipinski definition) is 4. The van der Waals surface area contributed by atoms with Crippen LogP contribution in [0.5, 0.6) is 0 Å². The van der Waals surface area contributed by atoms with Crippen molar-refractivity contribution >= 4 is 11.9 Å². The molecule has 1 amide bonds. The molecule has 0 aromatic rings. The molecular formula is C20H40N6O. The number of rotatable bonds is 6. The van der Waals surface area contributed by atoms with Crippen LogP contribution >= 0.6 is 0 Å². The predicted octanol–water partition coefficient (Wildman–Crippen LogP) is 0.969. The minimum Gasteiger partial charge on any atom is -0.357 e. The Hall–Kier alpha value is -1.34. The summed E-state index contributed by atoms with van der Waals surface area (Å²) in [4.78, 5) is 24.1. The average Bonchev–Trinajstić information content (AvgIpc) is 3.17. The van der Waals surface area contributed by atoms with Crippen LogP contribution < -0.4 is 10.6 Å². The summed E-state index contributed by atoms with van der Waals surface area (Å²) in [6.45, 7) is 18.7. The molecule has 2 rings (SSSR count). The van der Waals surface area contributed by atoms with Crippen molar-refractivity contribution in [2.75, 3.05) is 58.9 Å². The molecule has 2 N–H and O–H groups in total. The van der Waals surface area contributed by atoms with Gasteiger partial charge in [0, 0.05) is 57.9 Å². The number of aliphatic imine (C=N–C) groups is 1. The summed E-state index contributed by atoms with van der Waals surface area (Å²) in [5.74, 6) is 1.29. The van der Waals surface area contributed by atoms with Crippen LogP contribution in [-0.4, -0.2) is 97.1 Å². The van der Waals surface area contributed by atoms with E-state index in [1.807, 2.05) is 4.90 Å². The fourth-order valence-corrected chi connectivity index (χ4v) is 3.70. The Kier molecular flexibility index (Phi) is 8.35. The van der Waals surface area contributed by atoms with Crippen molar-refractivity contribution in [2.45, 2.75) is 59.0 Å². The number of hydrogen-bond donors (Lipinski definition) is 2. The van der Waals surface area contributed by atoms with Gasteiger partial charge in [-0.25, -0.2) is 0 Å². The Bertz CT molecular complexity index is 487. The first kappa shape index (κ1) is 22.0. The standard InChI is InChI=1S/C20H40N6O/c1-6-21-19(22-9-10-23-20(3,4)5)26-15-13-24(14-16-26)17(2)18(27)25-11-7-8-12-25/h17,23H,6-16H2,1-5H3,(H,21,22). The van der Waals surface area contributed by atoms with Crippen molar-refractivity contribution in [3.8, 4) is 0 Å². The summed E-state index contributed by atoms with van der Waals surface area (Å²) in [5, 5.41) is 6.90. The van der Waals surface area contributed by atoms with Crippen LogP contribution in [0.3, 0.4) is 0 Å². The average molecular weight is 381 g/mol. The molecule has 0 aromatic carbocycles. The maximum absolute atomic E-state index is 12.6. The van der Waals surface area contributed by atoms with E-state index in [2.05, 4.69) is 55.1 Å². The van der Waals surface area contributed by atoms with Crippen LogP contribution in [0.25, 0.3) is 0 Å². The van der Waals surface area contributed by atoms with Crippen LogP contribution in [0.15, 0.2) is 4.99 Å². The summed E-state index contributed by atoms with van der Waals surface area (Å²) in [7, 11) is 0. The molecule has 0 aliphatic carbocycles. The summed E-state index contributed by atoms with van der Waals surface area (Å²) in [6, 6.07) is -0.0132. The molecule has 0 saturated carbocycles. The van der Waals surface area contributed by atoms with E-state index in [1.54, 1.807) is 0 Å². The lowest BCUT2D eigenvalue weighted by atomic mass is 10.1. The van der Waals surface area contributed by atoms with Crippen LogP contribution in [-0.2, 0) is 4.79 Å². The number of likely N-dealkylation sites (tertiary alicyclic amines) is 1. The van der Waals surface area contributed by atoms with Gasteiger partial charge in [-0.3, -0.25) is 14.7 Å². The molecule has 1 unspecified atom stereocenters. The summed E-state index contributed by atoms with van der Waals surface area (Å²) in [6.07, 6.45) is 2.30. The zero-order chi connectivity index (χ0) is 19.9. The second-order valence-corrected chi connectivity index (χ2v) is 8.64.